The molecule has 0 saturated carbocycles. The second-order valence-electron chi connectivity index (χ2n) is 5.66. The van der Waals surface area contributed by atoms with Crippen molar-refractivity contribution in [1.29, 1.82) is 0 Å². The van der Waals surface area contributed by atoms with Gasteiger partial charge in [0.05, 0.1) is 11.0 Å². The summed E-state index contributed by atoms with van der Waals surface area (Å²) in [6.45, 7) is 1.22. The molecule has 6 nitrogen and oxygen atoms in total. The van der Waals surface area contributed by atoms with E-state index in [1.54, 1.807) is 48.5 Å². The number of carbonyl (C=O) groups is 2. The summed E-state index contributed by atoms with van der Waals surface area (Å²) in [6.07, 6.45) is 0. The molecule has 0 saturated heterocycles. The standard InChI is InChI=1S/C18H16F2N4O2S/c1-11(25)21-12-5-4-6-13(9-12)22-16(26)10-24-15-8-3-2-7-14(15)23-18(24)27-17(19)20/h2-9,17H,10H2,1H3,(H,21,25)(H,22,26). The Morgan fingerprint density at radius 2 is 1.81 bits per heavy atom. The first-order valence-electron chi connectivity index (χ1n) is 8.00. The zero-order valence-corrected chi connectivity index (χ0v) is 15.1. The van der Waals surface area contributed by atoms with E-state index in [2.05, 4.69) is 15.6 Å². The number of halogens is 2. The highest BCUT2D eigenvalue weighted by molar-refractivity contribution is 7.99. The molecule has 3 rings (SSSR count). The third-order valence-corrected chi connectivity index (χ3v) is 4.28. The fourth-order valence-electron chi connectivity index (χ4n) is 2.60. The minimum atomic E-state index is -2.64. The molecule has 0 aliphatic heterocycles. The summed E-state index contributed by atoms with van der Waals surface area (Å²) in [5.74, 6) is -3.26. The van der Waals surface area contributed by atoms with E-state index in [1.807, 2.05) is 0 Å². The number of carbonyl (C=O) groups excluding carboxylic acids is 2. The molecule has 0 aliphatic rings. The van der Waals surface area contributed by atoms with Crippen molar-refractivity contribution < 1.29 is 18.4 Å². The van der Waals surface area contributed by atoms with Crippen LogP contribution in [0.5, 0.6) is 0 Å². The molecule has 9 heteroatoms. The van der Waals surface area contributed by atoms with E-state index >= 15 is 0 Å². The van der Waals surface area contributed by atoms with Crippen molar-refractivity contribution in [3.05, 3.63) is 48.5 Å². The topological polar surface area (TPSA) is 76.0 Å². The molecule has 0 spiro atoms. The lowest BCUT2D eigenvalue weighted by Gasteiger charge is -2.10. The third kappa shape index (κ3) is 4.82. The summed E-state index contributed by atoms with van der Waals surface area (Å²) < 4.78 is 27.1. The normalized spacial score (nSPS) is 11.0. The van der Waals surface area contributed by atoms with Gasteiger partial charge in [0.15, 0.2) is 5.16 Å². The van der Waals surface area contributed by atoms with Crippen LogP contribution in [0.25, 0.3) is 11.0 Å². The van der Waals surface area contributed by atoms with E-state index in [9.17, 15) is 18.4 Å². The fraction of sp³-hybridized carbons (Fsp3) is 0.167. The van der Waals surface area contributed by atoms with Crippen molar-refractivity contribution in [1.82, 2.24) is 9.55 Å². The van der Waals surface area contributed by atoms with Crippen LogP contribution in [-0.2, 0) is 16.1 Å². The Hall–Kier alpha value is -2.94. The van der Waals surface area contributed by atoms with Gasteiger partial charge in [-0.2, -0.15) is 8.78 Å². The molecule has 27 heavy (non-hydrogen) atoms. The maximum atomic E-state index is 12.8. The first kappa shape index (κ1) is 18.8. The van der Waals surface area contributed by atoms with Gasteiger partial charge in [0.2, 0.25) is 11.8 Å². The average molecular weight is 390 g/mol. The molecule has 0 fully saturated rings. The number of thioether (sulfide) groups is 1. The maximum Gasteiger partial charge on any atom is 0.291 e. The molecule has 3 aromatic rings. The molecule has 0 atom stereocenters. The predicted molar refractivity (Wildman–Crippen MR) is 101 cm³/mol. The summed E-state index contributed by atoms with van der Waals surface area (Å²) in [6, 6.07) is 13.6. The zero-order chi connectivity index (χ0) is 19.4. The first-order chi connectivity index (χ1) is 12.9. The fourth-order valence-corrected chi connectivity index (χ4v) is 3.20. The van der Waals surface area contributed by atoms with Gasteiger partial charge in [0.1, 0.15) is 6.54 Å². The Morgan fingerprint density at radius 1 is 1.11 bits per heavy atom. The molecule has 1 heterocycles. The number of nitrogens with zero attached hydrogens (tertiary/aromatic N) is 2. The van der Waals surface area contributed by atoms with Crippen LogP contribution < -0.4 is 10.6 Å². The van der Waals surface area contributed by atoms with Crippen molar-refractivity contribution in [3.63, 3.8) is 0 Å². The van der Waals surface area contributed by atoms with E-state index in [0.717, 1.165) is 0 Å². The van der Waals surface area contributed by atoms with E-state index in [0.29, 0.717) is 34.2 Å². The lowest BCUT2D eigenvalue weighted by Crippen LogP contribution is -2.19. The highest BCUT2D eigenvalue weighted by Crippen LogP contribution is 2.28. The number of hydrogen-bond donors (Lipinski definition) is 2. The van der Waals surface area contributed by atoms with Crippen LogP contribution in [0.4, 0.5) is 20.2 Å². The number of amides is 2. The van der Waals surface area contributed by atoms with Crippen molar-refractivity contribution in [3.8, 4) is 0 Å². The lowest BCUT2D eigenvalue weighted by atomic mass is 10.2. The largest absolute Gasteiger partial charge is 0.326 e. The second-order valence-corrected chi connectivity index (χ2v) is 6.62. The number of nitrogens with one attached hydrogen (secondary N) is 2. The lowest BCUT2D eigenvalue weighted by molar-refractivity contribution is -0.117. The van der Waals surface area contributed by atoms with Crippen LogP contribution in [0, 0.1) is 0 Å². The van der Waals surface area contributed by atoms with Crippen molar-refractivity contribution in [2.45, 2.75) is 24.4 Å². The molecule has 0 bridgehead atoms. The van der Waals surface area contributed by atoms with Crippen molar-refractivity contribution in [2.75, 3.05) is 10.6 Å². The Morgan fingerprint density at radius 3 is 2.52 bits per heavy atom. The number of hydrogen-bond acceptors (Lipinski definition) is 4. The molecule has 0 radical (unpaired) electrons. The molecule has 0 aliphatic carbocycles. The van der Waals surface area contributed by atoms with Crippen LogP contribution in [-0.4, -0.2) is 27.1 Å². The van der Waals surface area contributed by atoms with Crippen LogP contribution >= 0.6 is 11.8 Å². The number of benzene rings is 2. The van der Waals surface area contributed by atoms with Crippen molar-refractivity contribution >= 4 is 46.0 Å². The quantitative estimate of drug-likeness (QED) is 0.625. The summed E-state index contributed by atoms with van der Waals surface area (Å²) in [5, 5.41) is 5.41. The summed E-state index contributed by atoms with van der Waals surface area (Å²) in [7, 11) is 0. The number of para-hydroxylation sites is 2. The zero-order valence-electron chi connectivity index (χ0n) is 14.3. The monoisotopic (exact) mass is 390 g/mol. The summed E-state index contributed by atoms with van der Waals surface area (Å²) >= 11 is 0.299. The van der Waals surface area contributed by atoms with Gasteiger partial charge < -0.3 is 15.2 Å². The van der Waals surface area contributed by atoms with E-state index < -0.39 is 11.7 Å². The molecule has 0 unspecified atom stereocenters. The minimum absolute atomic E-state index is 0.0772. The van der Waals surface area contributed by atoms with Crippen LogP contribution in [0.3, 0.4) is 0 Å². The van der Waals surface area contributed by atoms with E-state index in [1.165, 1.54) is 11.5 Å². The van der Waals surface area contributed by atoms with Gasteiger partial charge in [-0.05, 0) is 42.1 Å². The maximum absolute atomic E-state index is 12.8. The summed E-state index contributed by atoms with van der Waals surface area (Å²) in [4.78, 5) is 27.8. The number of rotatable bonds is 6. The summed E-state index contributed by atoms with van der Waals surface area (Å²) in [5.41, 5.74) is 2.17. The second kappa shape index (κ2) is 8.17. The smallest absolute Gasteiger partial charge is 0.291 e. The molecule has 140 valence electrons. The minimum Gasteiger partial charge on any atom is -0.326 e. The molecular weight excluding hydrogens is 374 g/mol. The molecule has 2 N–H and O–H groups in total. The van der Waals surface area contributed by atoms with Gasteiger partial charge in [-0.15, -0.1) is 0 Å². The van der Waals surface area contributed by atoms with Crippen molar-refractivity contribution in [2.24, 2.45) is 0 Å². The molecule has 2 amide bonds. The van der Waals surface area contributed by atoms with E-state index in [-0.39, 0.29) is 17.6 Å². The number of alkyl halides is 2. The average Bonchev–Trinajstić information content (AvgIpc) is 2.91. The van der Waals surface area contributed by atoms with Gasteiger partial charge in [0, 0.05) is 18.3 Å². The number of aromatic nitrogens is 2. The number of anilines is 2. The number of fused-ring (bicyclic) bond motifs is 1. The van der Waals surface area contributed by atoms with Gasteiger partial charge in [-0.1, -0.05) is 18.2 Å². The molecule has 2 aromatic carbocycles. The highest BCUT2D eigenvalue weighted by atomic mass is 32.2. The van der Waals surface area contributed by atoms with Gasteiger partial charge >= 0.3 is 0 Å². The van der Waals surface area contributed by atoms with E-state index in [4.69, 9.17) is 0 Å². The Kier molecular flexibility index (Phi) is 5.70. The number of imidazole rings is 1. The van der Waals surface area contributed by atoms with Crippen LogP contribution in [0.1, 0.15) is 6.92 Å². The highest BCUT2D eigenvalue weighted by Gasteiger charge is 2.17. The molecule has 1 aromatic heterocycles. The SMILES string of the molecule is CC(=O)Nc1cccc(NC(=O)Cn2c(SC(F)F)nc3ccccc32)c1. The predicted octanol–water partition coefficient (Wildman–Crippen LogP) is 3.95. The third-order valence-electron chi connectivity index (χ3n) is 3.58. The first-order valence-corrected chi connectivity index (χ1v) is 8.88. The Labute approximate surface area is 158 Å². The van der Waals surface area contributed by atoms with Crippen LogP contribution in [0.15, 0.2) is 53.7 Å². The Balaban J connectivity index is 1.80. The van der Waals surface area contributed by atoms with Gasteiger partial charge in [-0.25, -0.2) is 4.98 Å². The Bertz CT molecular complexity index is 990. The van der Waals surface area contributed by atoms with Gasteiger partial charge in [0.25, 0.3) is 5.76 Å². The van der Waals surface area contributed by atoms with Gasteiger partial charge in [-0.3, -0.25) is 9.59 Å². The molecular formula is C18H16F2N4O2S. The van der Waals surface area contributed by atoms with Crippen LogP contribution in [0.2, 0.25) is 0 Å².